The SMILES string of the molecule is CCC(CC)NC(=O)C(C)N1CCCCCC1CO. The van der Waals surface area contributed by atoms with Crippen molar-refractivity contribution in [1.82, 2.24) is 10.2 Å². The van der Waals surface area contributed by atoms with Crippen LogP contribution in [-0.4, -0.2) is 47.2 Å². The molecule has 0 radical (unpaired) electrons. The highest BCUT2D eigenvalue weighted by molar-refractivity contribution is 5.81. The second-order valence-electron chi connectivity index (χ2n) is 5.62. The lowest BCUT2D eigenvalue weighted by Crippen LogP contribution is -2.52. The molecule has 0 aromatic rings. The number of likely N-dealkylation sites (tertiary alicyclic amines) is 1. The van der Waals surface area contributed by atoms with Gasteiger partial charge in [-0.2, -0.15) is 0 Å². The van der Waals surface area contributed by atoms with Crippen molar-refractivity contribution in [3.05, 3.63) is 0 Å². The molecule has 1 fully saturated rings. The highest BCUT2D eigenvalue weighted by atomic mass is 16.3. The molecule has 0 aromatic carbocycles. The van der Waals surface area contributed by atoms with Gasteiger partial charge in [0.25, 0.3) is 0 Å². The summed E-state index contributed by atoms with van der Waals surface area (Å²) in [7, 11) is 0. The zero-order valence-corrected chi connectivity index (χ0v) is 12.7. The van der Waals surface area contributed by atoms with Crippen molar-refractivity contribution in [2.75, 3.05) is 13.2 Å². The Hall–Kier alpha value is -0.610. The van der Waals surface area contributed by atoms with Crippen LogP contribution < -0.4 is 5.32 Å². The number of carbonyl (C=O) groups excluding carboxylic acids is 1. The normalized spacial score (nSPS) is 23.1. The van der Waals surface area contributed by atoms with Crippen LogP contribution in [0.4, 0.5) is 0 Å². The summed E-state index contributed by atoms with van der Waals surface area (Å²) in [6.07, 6.45) is 6.42. The monoisotopic (exact) mass is 270 g/mol. The molecule has 0 saturated carbocycles. The number of nitrogens with zero attached hydrogens (tertiary/aromatic N) is 1. The van der Waals surface area contributed by atoms with Gasteiger partial charge in [0, 0.05) is 12.1 Å². The predicted molar refractivity (Wildman–Crippen MR) is 78.0 cm³/mol. The van der Waals surface area contributed by atoms with E-state index in [0.29, 0.717) is 0 Å². The molecular weight excluding hydrogens is 240 g/mol. The van der Waals surface area contributed by atoms with Gasteiger partial charge in [0.05, 0.1) is 12.6 Å². The molecule has 1 aliphatic rings. The van der Waals surface area contributed by atoms with Gasteiger partial charge in [-0.05, 0) is 39.2 Å². The van der Waals surface area contributed by atoms with Gasteiger partial charge < -0.3 is 10.4 Å². The van der Waals surface area contributed by atoms with E-state index in [1.807, 2.05) is 6.92 Å². The van der Waals surface area contributed by atoms with Gasteiger partial charge in [0.1, 0.15) is 0 Å². The van der Waals surface area contributed by atoms with Gasteiger partial charge in [0.15, 0.2) is 0 Å². The zero-order chi connectivity index (χ0) is 14.3. The van der Waals surface area contributed by atoms with Crippen LogP contribution in [0.15, 0.2) is 0 Å². The fraction of sp³-hybridized carbons (Fsp3) is 0.933. The summed E-state index contributed by atoms with van der Waals surface area (Å²) in [5, 5.41) is 12.6. The maximum Gasteiger partial charge on any atom is 0.237 e. The van der Waals surface area contributed by atoms with Gasteiger partial charge in [-0.15, -0.1) is 0 Å². The third-order valence-electron chi connectivity index (χ3n) is 4.34. The van der Waals surface area contributed by atoms with E-state index in [0.717, 1.165) is 38.6 Å². The Labute approximate surface area is 117 Å². The van der Waals surface area contributed by atoms with Gasteiger partial charge in [-0.25, -0.2) is 0 Å². The van der Waals surface area contributed by atoms with Crippen molar-refractivity contribution in [3.8, 4) is 0 Å². The fourth-order valence-electron chi connectivity index (χ4n) is 2.87. The number of nitrogens with one attached hydrogen (secondary N) is 1. The Kier molecular flexibility index (Phi) is 7.39. The molecule has 1 rings (SSSR count). The Morgan fingerprint density at radius 2 is 2.00 bits per heavy atom. The van der Waals surface area contributed by atoms with E-state index in [4.69, 9.17) is 0 Å². The van der Waals surface area contributed by atoms with E-state index in [-0.39, 0.29) is 30.6 Å². The van der Waals surface area contributed by atoms with Crippen LogP contribution in [0.1, 0.15) is 59.3 Å². The lowest BCUT2D eigenvalue weighted by Gasteiger charge is -2.34. The molecule has 19 heavy (non-hydrogen) atoms. The number of aliphatic hydroxyl groups is 1. The highest BCUT2D eigenvalue weighted by Gasteiger charge is 2.29. The van der Waals surface area contributed by atoms with Crippen LogP contribution in [0.25, 0.3) is 0 Å². The van der Waals surface area contributed by atoms with Gasteiger partial charge in [-0.1, -0.05) is 26.7 Å². The molecule has 0 spiro atoms. The van der Waals surface area contributed by atoms with Crippen LogP contribution >= 0.6 is 0 Å². The molecule has 0 aliphatic carbocycles. The summed E-state index contributed by atoms with van der Waals surface area (Å²) >= 11 is 0. The van der Waals surface area contributed by atoms with Crippen LogP contribution in [-0.2, 0) is 4.79 Å². The molecule has 1 heterocycles. The van der Waals surface area contributed by atoms with E-state index in [9.17, 15) is 9.90 Å². The van der Waals surface area contributed by atoms with Crippen molar-refractivity contribution in [1.29, 1.82) is 0 Å². The maximum atomic E-state index is 12.3. The molecule has 112 valence electrons. The maximum absolute atomic E-state index is 12.3. The molecule has 1 amide bonds. The van der Waals surface area contributed by atoms with E-state index >= 15 is 0 Å². The van der Waals surface area contributed by atoms with Crippen molar-refractivity contribution in [2.24, 2.45) is 0 Å². The number of rotatable bonds is 6. The number of carbonyl (C=O) groups is 1. The molecular formula is C15H30N2O2. The quantitative estimate of drug-likeness (QED) is 0.775. The Bertz CT molecular complexity index is 267. The number of aliphatic hydroxyl groups excluding tert-OH is 1. The lowest BCUT2D eigenvalue weighted by molar-refractivity contribution is -0.127. The van der Waals surface area contributed by atoms with Gasteiger partial charge >= 0.3 is 0 Å². The minimum atomic E-state index is -0.143. The Morgan fingerprint density at radius 3 is 2.58 bits per heavy atom. The van der Waals surface area contributed by atoms with Crippen molar-refractivity contribution < 1.29 is 9.90 Å². The van der Waals surface area contributed by atoms with Crippen LogP contribution in [0.2, 0.25) is 0 Å². The Morgan fingerprint density at radius 1 is 1.32 bits per heavy atom. The third-order valence-corrected chi connectivity index (χ3v) is 4.34. The zero-order valence-electron chi connectivity index (χ0n) is 12.7. The van der Waals surface area contributed by atoms with E-state index in [1.165, 1.54) is 6.42 Å². The summed E-state index contributed by atoms with van der Waals surface area (Å²) in [6, 6.07) is 0.273. The van der Waals surface area contributed by atoms with Crippen molar-refractivity contribution >= 4 is 5.91 Å². The average Bonchev–Trinajstić information content (AvgIpc) is 2.68. The first-order valence-electron chi connectivity index (χ1n) is 7.80. The van der Waals surface area contributed by atoms with E-state index in [2.05, 4.69) is 24.1 Å². The van der Waals surface area contributed by atoms with Crippen LogP contribution in [0, 0.1) is 0 Å². The summed E-state index contributed by atoms with van der Waals surface area (Å²) in [6.45, 7) is 7.24. The summed E-state index contributed by atoms with van der Waals surface area (Å²) in [4.78, 5) is 14.5. The van der Waals surface area contributed by atoms with Crippen molar-refractivity contribution in [3.63, 3.8) is 0 Å². The first-order chi connectivity index (χ1) is 9.13. The minimum Gasteiger partial charge on any atom is -0.395 e. The largest absolute Gasteiger partial charge is 0.395 e. The average molecular weight is 270 g/mol. The van der Waals surface area contributed by atoms with E-state index in [1.54, 1.807) is 0 Å². The second-order valence-corrected chi connectivity index (χ2v) is 5.62. The molecule has 0 bridgehead atoms. The molecule has 1 saturated heterocycles. The topological polar surface area (TPSA) is 52.6 Å². The summed E-state index contributed by atoms with van der Waals surface area (Å²) < 4.78 is 0. The lowest BCUT2D eigenvalue weighted by atomic mass is 10.1. The summed E-state index contributed by atoms with van der Waals surface area (Å²) in [5.41, 5.74) is 0. The molecule has 2 N–H and O–H groups in total. The van der Waals surface area contributed by atoms with Gasteiger partial charge in [-0.3, -0.25) is 9.69 Å². The molecule has 4 nitrogen and oxygen atoms in total. The first kappa shape index (κ1) is 16.4. The number of hydrogen-bond acceptors (Lipinski definition) is 3. The standard InChI is InChI=1S/C15H30N2O2/c1-4-13(5-2)16-15(19)12(3)17-10-8-6-7-9-14(17)11-18/h12-14,18H,4-11H2,1-3H3,(H,16,19). The summed E-state index contributed by atoms with van der Waals surface area (Å²) in [5.74, 6) is 0.106. The molecule has 2 atom stereocenters. The first-order valence-corrected chi connectivity index (χ1v) is 7.80. The highest BCUT2D eigenvalue weighted by Crippen LogP contribution is 2.19. The van der Waals surface area contributed by atoms with E-state index < -0.39 is 0 Å². The second kappa shape index (κ2) is 8.54. The fourth-order valence-corrected chi connectivity index (χ4v) is 2.87. The smallest absolute Gasteiger partial charge is 0.237 e. The molecule has 0 aromatic heterocycles. The van der Waals surface area contributed by atoms with Crippen LogP contribution in [0.5, 0.6) is 0 Å². The Balaban J connectivity index is 2.61. The number of hydrogen-bond donors (Lipinski definition) is 2. The van der Waals surface area contributed by atoms with Crippen LogP contribution in [0.3, 0.4) is 0 Å². The predicted octanol–water partition coefficient (Wildman–Crippen LogP) is 1.92. The number of amides is 1. The molecule has 2 unspecified atom stereocenters. The molecule has 4 heteroatoms. The molecule has 1 aliphatic heterocycles. The van der Waals surface area contributed by atoms with Gasteiger partial charge in [0.2, 0.25) is 5.91 Å². The third kappa shape index (κ3) is 4.77. The van der Waals surface area contributed by atoms with Crippen molar-refractivity contribution in [2.45, 2.75) is 77.4 Å². The minimum absolute atomic E-state index is 0.106.